The van der Waals surface area contributed by atoms with Gasteiger partial charge in [-0.05, 0) is 55.0 Å². The van der Waals surface area contributed by atoms with Crippen LogP contribution in [-0.4, -0.2) is 55.5 Å². The number of carbonyl (C=O) groups excluding carboxylic acids is 4. The molecule has 10 nitrogen and oxygen atoms in total. The number of nitrogens with one attached hydrogen (secondary N) is 2. The summed E-state index contributed by atoms with van der Waals surface area (Å²) in [4.78, 5) is 50.1. The van der Waals surface area contributed by atoms with Crippen molar-refractivity contribution in [3.63, 3.8) is 0 Å². The monoisotopic (exact) mass is 602 g/mol. The number of benzene rings is 3. The summed E-state index contributed by atoms with van der Waals surface area (Å²) in [5.74, 6) is -1.47. The summed E-state index contributed by atoms with van der Waals surface area (Å²) in [6.07, 6.45) is -1.63. The third-order valence-electron chi connectivity index (χ3n) is 6.81. The third-order valence-corrected chi connectivity index (χ3v) is 6.81. The molecule has 0 spiro atoms. The number of fused-ring (bicyclic) bond motifs is 3. The van der Waals surface area contributed by atoms with E-state index >= 15 is 0 Å². The predicted molar refractivity (Wildman–Crippen MR) is 163 cm³/mol. The SMILES string of the molecule is CC(C)(C)OC(=O)NCCC(NC(=O)OCC1c2ccccc2-c2ccccc21)C(=O)OCCC(=O)OCc1ccccc1. The molecule has 0 bridgehead atoms. The summed E-state index contributed by atoms with van der Waals surface area (Å²) in [6.45, 7) is 5.14. The molecule has 0 radical (unpaired) electrons. The molecule has 10 heteroatoms. The molecule has 0 saturated carbocycles. The molecular weight excluding hydrogens is 564 g/mol. The molecule has 44 heavy (non-hydrogen) atoms. The van der Waals surface area contributed by atoms with E-state index < -0.39 is 35.8 Å². The van der Waals surface area contributed by atoms with Gasteiger partial charge in [0.15, 0.2) is 0 Å². The zero-order chi connectivity index (χ0) is 31.5. The second-order valence-corrected chi connectivity index (χ2v) is 11.3. The highest BCUT2D eigenvalue weighted by Gasteiger charge is 2.30. The Morgan fingerprint density at radius 1 is 0.773 bits per heavy atom. The van der Waals surface area contributed by atoms with Gasteiger partial charge in [-0.25, -0.2) is 14.4 Å². The lowest BCUT2D eigenvalue weighted by molar-refractivity contribution is -0.151. The Kier molecular flexibility index (Phi) is 11.0. The van der Waals surface area contributed by atoms with E-state index in [1.54, 1.807) is 20.8 Å². The first-order chi connectivity index (χ1) is 21.1. The van der Waals surface area contributed by atoms with Crippen LogP contribution in [0.3, 0.4) is 0 Å². The van der Waals surface area contributed by atoms with E-state index in [-0.39, 0.29) is 45.1 Å². The maximum Gasteiger partial charge on any atom is 0.407 e. The molecular formula is C34H38N2O8. The van der Waals surface area contributed by atoms with E-state index in [2.05, 4.69) is 10.6 Å². The minimum absolute atomic E-state index is 0.000719. The van der Waals surface area contributed by atoms with Crippen LogP contribution in [-0.2, 0) is 35.1 Å². The van der Waals surface area contributed by atoms with E-state index in [1.165, 1.54) is 0 Å². The van der Waals surface area contributed by atoms with Gasteiger partial charge in [0.1, 0.15) is 31.5 Å². The van der Waals surface area contributed by atoms with Gasteiger partial charge in [0.2, 0.25) is 0 Å². The largest absolute Gasteiger partial charge is 0.464 e. The lowest BCUT2D eigenvalue weighted by Gasteiger charge is -2.21. The van der Waals surface area contributed by atoms with E-state index in [0.29, 0.717) is 0 Å². The lowest BCUT2D eigenvalue weighted by Crippen LogP contribution is -2.45. The number of amides is 2. The van der Waals surface area contributed by atoms with Crippen LogP contribution in [0.15, 0.2) is 78.9 Å². The van der Waals surface area contributed by atoms with Gasteiger partial charge in [0, 0.05) is 12.5 Å². The maximum atomic E-state index is 12.9. The first-order valence-electron chi connectivity index (χ1n) is 14.6. The molecule has 3 aromatic carbocycles. The van der Waals surface area contributed by atoms with Crippen molar-refractivity contribution in [1.29, 1.82) is 0 Å². The summed E-state index contributed by atoms with van der Waals surface area (Å²) in [7, 11) is 0. The Balaban J connectivity index is 1.31. The molecule has 1 aliphatic rings. The van der Waals surface area contributed by atoms with Crippen LogP contribution in [0, 0.1) is 0 Å². The number of hydrogen-bond donors (Lipinski definition) is 2. The zero-order valence-electron chi connectivity index (χ0n) is 25.2. The first kappa shape index (κ1) is 32.1. The lowest BCUT2D eigenvalue weighted by atomic mass is 9.98. The molecule has 2 amide bonds. The van der Waals surface area contributed by atoms with Gasteiger partial charge in [0.05, 0.1) is 6.42 Å². The van der Waals surface area contributed by atoms with Crippen LogP contribution in [0.25, 0.3) is 11.1 Å². The van der Waals surface area contributed by atoms with Crippen LogP contribution in [0.5, 0.6) is 0 Å². The summed E-state index contributed by atoms with van der Waals surface area (Å²) in [6, 6.07) is 24.0. The molecule has 0 heterocycles. The average molecular weight is 603 g/mol. The van der Waals surface area contributed by atoms with Crippen LogP contribution in [0.1, 0.15) is 56.2 Å². The van der Waals surface area contributed by atoms with Crippen molar-refractivity contribution >= 4 is 24.1 Å². The van der Waals surface area contributed by atoms with E-state index in [0.717, 1.165) is 27.8 Å². The highest BCUT2D eigenvalue weighted by Crippen LogP contribution is 2.44. The molecule has 1 aliphatic carbocycles. The van der Waals surface area contributed by atoms with Crippen molar-refractivity contribution < 1.29 is 38.1 Å². The van der Waals surface area contributed by atoms with E-state index in [1.807, 2.05) is 78.9 Å². The van der Waals surface area contributed by atoms with Crippen molar-refractivity contribution in [2.45, 2.75) is 57.8 Å². The number of rotatable bonds is 12. The molecule has 0 aliphatic heterocycles. The fourth-order valence-corrected chi connectivity index (χ4v) is 4.81. The summed E-state index contributed by atoms with van der Waals surface area (Å²) < 4.78 is 21.3. The Hall–Kier alpha value is -4.86. The fourth-order valence-electron chi connectivity index (χ4n) is 4.81. The number of hydrogen-bond acceptors (Lipinski definition) is 8. The highest BCUT2D eigenvalue weighted by molar-refractivity contribution is 5.82. The standard InChI is InChI=1S/C34H38N2O8/c1-34(2,3)44-32(39)35-19-17-29(31(38)41-20-18-30(37)42-21-23-11-5-4-6-12-23)36-33(40)43-22-28-26-15-9-7-13-24(26)25-14-8-10-16-27(25)28/h4-16,28-29H,17-22H2,1-3H3,(H,35,39)(H,36,40). The zero-order valence-corrected chi connectivity index (χ0v) is 25.2. The van der Waals surface area contributed by atoms with Crippen LogP contribution < -0.4 is 10.6 Å². The van der Waals surface area contributed by atoms with Gasteiger partial charge in [-0.15, -0.1) is 0 Å². The quantitative estimate of drug-likeness (QED) is 0.206. The number of alkyl carbamates (subject to hydrolysis) is 2. The van der Waals surface area contributed by atoms with Gasteiger partial charge in [0.25, 0.3) is 0 Å². The molecule has 0 saturated heterocycles. The van der Waals surface area contributed by atoms with Crippen LogP contribution in [0.2, 0.25) is 0 Å². The van der Waals surface area contributed by atoms with Crippen molar-refractivity contribution in [3.05, 3.63) is 95.6 Å². The molecule has 0 fully saturated rings. The smallest absolute Gasteiger partial charge is 0.407 e. The average Bonchev–Trinajstić information content (AvgIpc) is 3.31. The Morgan fingerprint density at radius 2 is 1.39 bits per heavy atom. The Bertz CT molecular complexity index is 1410. The molecule has 0 aromatic heterocycles. The van der Waals surface area contributed by atoms with Crippen LogP contribution >= 0.6 is 0 Å². The fraction of sp³-hybridized carbons (Fsp3) is 0.353. The first-order valence-corrected chi connectivity index (χ1v) is 14.6. The van der Waals surface area contributed by atoms with Gasteiger partial charge in [-0.3, -0.25) is 4.79 Å². The summed E-state index contributed by atoms with van der Waals surface area (Å²) in [5.41, 5.74) is 4.43. The van der Waals surface area contributed by atoms with Gasteiger partial charge < -0.3 is 29.6 Å². The van der Waals surface area contributed by atoms with Crippen molar-refractivity contribution in [1.82, 2.24) is 10.6 Å². The molecule has 1 unspecified atom stereocenters. The third kappa shape index (κ3) is 9.32. The summed E-state index contributed by atoms with van der Waals surface area (Å²) in [5, 5.41) is 5.12. The second kappa shape index (κ2) is 15.0. The van der Waals surface area contributed by atoms with Gasteiger partial charge in [-0.1, -0.05) is 78.9 Å². The Labute approximate surface area is 257 Å². The predicted octanol–water partition coefficient (Wildman–Crippen LogP) is 5.49. The molecule has 232 valence electrons. The second-order valence-electron chi connectivity index (χ2n) is 11.3. The van der Waals surface area contributed by atoms with Gasteiger partial charge >= 0.3 is 24.1 Å². The molecule has 2 N–H and O–H groups in total. The number of carbonyl (C=O) groups is 4. The minimum atomic E-state index is -1.15. The highest BCUT2D eigenvalue weighted by atomic mass is 16.6. The van der Waals surface area contributed by atoms with E-state index in [4.69, 9.17) is 18.9 Å². The Morgan fingerprint density at radius 3 is 2.02 bits per heavy atom. The molecule has 1 atom stereocenters. The molecule has 4 rings (SSSR count). The van der Waals surface area contributed by atoms with Crippen LogP contribution in [0.4, 0.5) is 9.59 Å². The van der Waals surface area contributed by atoms with E-state index in [9.17, 15) is 19.2 Å². The summed E-state index contributed by atoms with van der Waals surface area (Å²) >= 11 is 0. The van der Waals surface area contributed by atoms with Crippen molar-refractivity contribution in [2.75, 3.05) is 19.8 Å². The minimum Gasteiger partial charge on any atom is -0.464 e. The van der Waals surface area contributed by atoms with Crippen molar-refractivity contribution in [2.24, 2.45) is 0 Å². The normalized spacial score (nSPS) is 12.7. The number of ether oxygens (including phenoxy) is 4. The molecule has 3 aromatic rings. The number of esters is 2. The maximum absolute atomic E-state index is 12.9. The topological polar surface area (TPSA) is 129 Å². The van der Waals surface area contributed by atoms with Crippen molar-refractivity contribution in [3.8, 4) is 11.1 Å². The van der Waals surface area contributed by atoms with Gasteiger partial charge in [-0.2, -0.15) is 0 Å².